The Bertz CT molecular complexity index is 983. The third kappa shape index (κ3) is 6.68. The molecule has 2 aromatic rings. The van der Waals surface area contributed by atoms with Crippen LogP contribution in [0.2, 0.25) is 5.02 Å². The summed E-state index contributed by atoms with van der Waals surface area (Å²) >= 11 is 6.24. The molecule has 0 saturated carbocycles. The molecule has 0 atom stereocenters. The number of alkyl halides is 3. The van der Waals surface area contributed by atoms with Gasteiger partial charge in [-0.1, -0.05) is 11.6 Å². The molecule has 0 spiro atoms. The molecule has 32 heavy (non-hydrogen) atoms. The highest BCUT2D eigenvalue weighted by Crippen LogP contribution is 2.38. The molecule has 2 aromatic carbocycles. The smallest absolute Gasteiger partial charge is 0.489 e. The van der Waals surface area contributed by atoms with E-state index in [0.717, 1.165) is 18.6 Å². The molecule has 0 aliphatic carbocycles. The number of nitrogens with zero attached hydrogens (tertiary/aromatic N) is 1. The van der Waals surface area contributed by atoms with Gasteiger partial charge in [0.2, 0.25) is 11.8 Å². The lowest BCUT2D eigenvalue weighted by Crippen LogP contribution is -2.35. The fraction of sp³-hybridized carbons (Fsp3) is 0.333. The summed E-state index contributed by atoms with van der Waals surface area (Å²) in [6, 6.07) is 7.98. The van der Waals surface area contributed by atoms with E-state index in [-0.39, 0.29) is 24.6 Å². The molecular weight excluding hydrogens is 453 g/mol. The first kappa shape index (κ1) is 23.5. The van der Waals surface area contributed by atoms with Crippen LogP contribution in [0.25, 0.3) is 0 Å². The number of carbonyl (C=O) groups excluding carboxylic acids is 2. The van der Waals surface area contributed by atoms with Crippen LogP contribution in [0.1, 0.15) is 12.0 Å². The number of anilines is 1. The molecule has 0 radical (unpaired) electrons. The average Bonchev–Trinajstić information content (AvgIpc) is 2.94. The molecule has 0 bridgehead atoms. The van der Waals surface area contributed by atoms with E-state index in [1.54, 1.807) is 12.1 Å². The Morgan fingerprint density at radius 3 is 2.53 bits per heavy atom. The number of nitrogens with one attached hydrogen (secondary N) is 1. The van der Waals surface area contributed by atoms with Gasteiger partial charge < -0.3 is 24.4 Å². The normalized spacial score (nSPS) is 13.2. The van der Waals surface area contributed by atoms with Crippen molar-refractivity contribution in [2.45, 2.75) is 19.2 Å². The maximum atomic E-state index is 12.5. The number of rotatable bonds is 6. The Balaban J connectivity index is 1.54. The molecule has 1 aliphatic heterocycles. The van der Waals surface area contributed by atoms with Gasteiger partial charge in [0.15, 0.2) is 11.5 Å². The van der Waals surface area contributed by atoms with E-state index < -0.39 is 18.0 Å². The van der Waals surface area contributed by atoms with E-state index >= 15 is 0 Å². The van der Waals surface area contributed by atoms with E-state index in [0.29, 0.717) is 35.3 Å². The minimum absolute atomic E-state index is 0.0103. The standard InChI is InChI=1S/C21H20ClF3N2O5/c1-27(12-18(28)26-14-3-5-15(6-4-14)32-21(23,24)25)19(29)11-13-9-16(22)20-17(10-13)30-7-2-8-31-20/h3-6,9-10H,2,7-8,11-12H2,1H3,(H,26,28). The van der Waals surface area contributed by atoms with Gasteiger partial charge in [0, 0.05) is 19.2 Å². The van der Waals surface area contributed by atoms with Crippen molar-refractivity contribution in [2.75, 3.05) is 32.1 Å². The van der Waals surface area contributed by atoms with Gasteiger partial charge in [0.1, 0.15) is 5.75 Å². The number of benzene rings is 2. The number of amides is 2. The van der Waals surface area contributed by atoms with Gasteiger partial charge in [0.05, 0.1) is 31.2 Å². The maximum absolute atomic E-state index is 12.5. The number of carbonyl (C=O) groups is 2. The van der Waals surface area contributed by atoms with Crippen LogP contribution in [0.3, 0.4) is 0 Å². The number of ether oxygens (including phenoxy) is 3. The van der Waals surface area contributed by atoms with Gasteiger partial charge in [-0.2, -0.15) is 0 Å². The van der Waals surface area contributed by atoms with E-state index in [1.807, 2.05) is 0 Å². The summed E-state index contributed by atoms with van der Waals surface area (Å²) in [6.45, 7) is 0.711. The van der Waals surface area contributed by atoms with Crippen molar-refractivity contribution in [3.05, 3.63) is 47.0 Å². The first-order valence-electron chi connectivity index (χ1n) is 9.58. The predicted octanol–water partition coefficient (Wildman–Crippen LogP) is 4.04. The molecule has 3 rings (SSSR count). The Labute approximate surface area is 187 Å². The summed E-state index contributed by atoms with van der Waals surface area (Å²) < 4.78 is 51.5. The quantitative estimate of drug-likeness (QED) is 0.686. The Kier molecular flexibility index (Phi) is 7.34. The number of halogens is 4. The van der Waals surface area contributed by atoms with Crippen molar-refractivity contribution in [1.29, 1.82) is 0 Å². The van der Waals surface area contributed by atoms with Crippen molar-refractivity contribution in [3.8, 4) is 17.2 Å². The van der Waals surface area contributed by atoms with Crippen LogP contribution in [0.5, 0.6) is 17.2 Å². The van der Waals surface area contributed by atoms with Gasteiger partial charge in [-0.05, 0) is 42.0 Å². The van der Waals surface area contributed by atoms with Crippen LogP contribution in [0, 0.1) is 0 Å². The van der Waals surface area contributed by atoms with Gasteiger partial charge in [-0.15, -0.1) is 13.2 Å². The lowest BCUT2D eigenvalue weighted by molar-refractivity contribution is -0.274. The second kappa shape index (κ2) is 9.99. The largest absolute Gasteiger partial charge is 0.573 e. The molecule has 1 heterocycles. The molecule has 7 nitrogen and oxygen atoms in total. The Morgan fingerprint density at radius 2 is 1.84 bits per heavy atom. The van der Waals surface area contributed by atoms with Crippen LogP contribution in [0.15, 0.2) is 36.4 Å². The van der Waals surface area contributed by atoms with Gasteiger partial charge in [-0.25, -0.2) is 0 Å². The molecule has 1 aliphatic rings. The molecule has 11 heteroatoms. The van der Waals surface area contributed by atoms with Crippen LogP contribution in [-0.4, -0.2) is 49.9 Å². The Morgan fingerprint density at radius 1 is 1.16 bits per heavy atom. The van der Waals surface area contributed by atoms with E-state index in [9.17, 15) is 22.8 Å². The van der Waals surface area contributed by atoms with Crippen molar-refractivity contribution in [1.82, 2.24) is 4.90 Å². The first-order chi connectivity index (χ1) is 15.1. The van der Waals surface area contributed by atoms with E-state index in [1.165, 1.54) is 24.1 Å². The highest BCUT2D eigenvalue weighted by Gasteiger charge is 2.31. The molecule has 0 saturated heterocycles. The first-order valence-corrected chi connectivity index (χ1v) is 9.96. The Hall–Kier alpha value is -3.14. The average molecular weight is 473 g/mol. The van der Waals surface area contributed by atoms with Crippen molar-refractivity contribution < 1.29 is 37.0 Å². The summed E-state index contributed by atoms with van der Waals surface area (Å²) in [6.07, 6.45) is -4.09. The lowest BCUT2D eigenvalue weighted by atomic mass is 10.1. The zero-order valence-corrected chi connectivity index (χ0v) is 17.8. The van der Waals surface area contributed by atoms with Crippen molar-refractivity contribution in [2.24, 2.45) is 0 Å². The monoisotopic (exact) mass is 472 g/mol. The summed E-state index contributed by atoms with van der Waals surface area (Å²) in [5.41, 5.74) is 0.872. The van der Waals surface area contributed by atoms with Crippen LogP contribution >= 0.6 is 11.6 Å². The molecular formula is C21H20ClF3N2O5. The lowest BCUT2D eigenvalue weighted by Gasteiger charge is -2.18. The zero-order chi connectivity index (χ0) is 23.3. The summed E-state index contributed by atoms with van der Waals surface area (Å²) in [4.78, 5) is 26.0. The summed E-state index contributed by atoms with van der Waals surface area (Å²) in [5.74, 6) is -0.339. The number of hydrogen-bond acceptors (Lipinski definition) is 5. The SMILES string of the molecule is CN(CC(=O)Nc1ccc(OC(F)(F)F)cc1)C(=O)Cc1cc(Cl)c2c(c1)OCCCO2. The third-order valence-electron chi connectivity index (χ3n) is 4.40. The topological polar surface area (TPSA) is 77.1 Å². The van der Waals surface area contributed by atoms with Gasteiger partial charge in [-0.3, -0.25) is 9.59 Å². The van der Waals surface area contributed by atoms with Crippen LogP contribution < -0.4 is 19.5 Å². The zero-order valence-electron chi connectivity index (χ0n) is 17.0. The maximum Gasteiger partial charge on any atom is 0.573 e. The minimum Gasteiger partial charge on any atom is -0.489 e. The third-order valence-corrected chi connectivity index (χ3v) is 4.68. The minimum atomic E-state index is -4.80. The van der Waals surface area contributed by atoms with E-state index in [4.69, 9.17) is 21.1 Å². The number of hydrogen-bond donors (Lipinski definition) is 1. The van der Waals surface area contributed by atoms with Crippen LogP contribution in [0.4, 0.5) is 18.9 Å². The molecule has 172 valence electrons. The second-order valence-electron chi connectivity index (χ2n) is 7.00. The predicted molar refractivity (Wildman–Crippen MR) is 110 cm³/mol. The van der Waals surface area contributed by atoms with E-state index in [2.05, 4.69) is 10.1 Å². The number of fused-ring (bicyclic) bond motifs is 1. The highest BCUT2D eigenvalue weighted by atomic mass is 35.5. The van der Waals surface area contributed by atoms with Crippen LogP contribution in [-0.2, 0) is 16.0 Å². The van der Waals surface area contributed by atoms with Gasteiger partial charge >= 0.3 is 6.36 Å². The fourth-order valence-electron chi connectivity index (χ4n) is 2.94. The van der Waals surface area contributed by atoms with Gasteiger partial charge in [0.25, 0.3) is 0 Å². The number of likely N-dealkylation sites (N-methyl/N-ethyl adjacent to an activating group) is 1. The van der Waals surface area contributed by atoms with Crippen molar-refractivity contribution >= 4 is 29.1 Å². The summed E-state index contributed by atoms with van der Waals surface area (Å²) in [7, 11) is 1.47. The summed E-state index contributed by atoms with van der Waals surface area (Å²) in [5, 5.41) is 2.85. The molecule has 1 N–H and O–H groups in total. The highest BCUT2D eigenvalue weighted by molar-refractivity contribution is 6.32. The molecule has 0 fully saturated rings. The molecule has 0 aromatic heterocycles. The molecule has 0 unspecified atom stereocenters. The second-order valence-corrected chi connectivity index (χ2v) is 7.41. The fourth-order valence-corrected chi connectivity index (χ4v) is 3.23. The molecule has 2 amide bonds. The van der Waals surface area contributed by atoms with Crippen molar-refractivity contribution in [3.63, 3.8) is 0 Å².